The molecule has 0 aliphatic carbocycles. The van der Waals surface area contributed by atoms with Crippen LogP contribution in [0.3, 0.4) is 0 Å². The Morgan fingerprint density at radius 3 is 1.97 bits per heavy atom. The second-order valence-corrected chi connectivity index (χ2v) is 8.45. The molecule has 0 saturated carbocycles. The molecule has 6 heteroatoms. The van der Waals surface area contributed by atoms with Crippen LogP contribution < -0.4 is 4.90 Å². The van der Waals surface area contributed by atoms with E-state index < -0.39 is 0 Å². The lowest BCUT2D eigenvalue weighted by Crippen LogP contribution is -2.49. The SMILES string of the molecule is CC(C)(C)c1ccc(C(=O)N2CCN(c3ccc(-n4cccc4)nn3)CC2)cc1. The van der Waals surface area contributed by atoms with Gasteiger partial charge in [0.2, 0.25) is 0 Å². The van der Waals surface area contributed by atoms with Crippen molar-refractivity contribution >= 4 is 11.7 Å². The Kier molecular flexibility index (Phi) is 5.09. The maximum absolute atomic E-state index is 12.9. The molecule has 0 radical (unpaired) electrons. The first-order chi connectivity index (χ1) is 13.9. The van der Waals surface area contributed by atoms with Crippen LogP contribution in [0.15, 0.2) is 60.9 Å². The number of hydrogen-bond donors (Lipinski definition) is 0. The number of carbonyl (C=O) groups is 1. The van der Waals surface area contributed by atoms with Crippen molar-refractivity contribution in [3.8, 4) is 5.82 Å². The topological polar surface area (TPSA) is 54.3 Å². The molecular formula is C23H27N5O. The van der Waals surface area contributed by atoms with E-state index in [-0.39, 0.29) is 11.3 Å². The summed E-state index contributed by atoms with van der Waals surface area (Å²) in [5.74, 6) is 1.74. The lowest BCUT2D eigenvalue weighted by Gasteiger charge is -2.35. The monoisotopic (exact) mass is 389 g/mol. The maximum Gasteiger partial charge on any atom is 0.253 e. The molecule has 3 aromatic rings. The predicted molar refractivity (Wildman–Crippen MR) is 115 cm³/mol. The van der Waals surface area contributed by atoms with Gasteiger partial charge in [-0.15, -0.1) is 10.2 Å². The van der Waals surface area contributed by atoms with Crippen LogP contribution in [0.25, 0.3) is 5.82 Å². The summed E-state index contributed by atoms with van der Waals surface area (Å²) in [5.41, 5.74) is 2.08. The molecule has 1 aromatic carbocycles. The molecule has 2 aromatic heterocycles. The fourth-order valence-electron chi connectivity index (χ4n) is 3.55. The fraction of sp³-hybridized carbons (Fsp3) is 0.348. The Bertz CT molecular complexity index is 948. The summed E-state index contributed by atoms with van der Waals surface area (Å²) in [4.78, 5) is 17.0. The van der Waals surface area contributed by atoms with Gasteiger partial charge in [-0.05, 0) is 47.4 Å². The standard InChI is InChI=1S/C23H27N5O/c1-23(2,3)19-8-6-18(7-9-19)22(29)28-16-14-27(15-17-28)21-11-10-20(24-25-21)26-12-4-5-13-26/h4-13H,14-17H2,1-3H3. The van der Waals surface area contributed by atoms with Crippen LogP contribution >= 0.6 is 0 Å². The van der Waals surface area contributed by atoms with Crippen LogP contribution in [0, 0.1) is 0 Å². The zero-order chi connectivity index (χ0) is 20.4. The van der Waals surface area contributed by atoms with Crippen molar-refractivity contribution in [2.24, 2.45) is 0 Å². The molecule has 6 nitrogen and oxygen atoms in total. The van der Waals surface area contributed by atoms with Gasteiger partial charge in [0, 0.05) is 44.1 Å². The summed E-state index contributed by atoms with van der Waals surface area (Å²) in [6.45, 7) is 9.40. The first kappa shape index (κ1) is 19.2. The van der Waals surface area contributed by atoms with Crippen LogP contribution in [0.4, 0.5) is 5.82 Å². The van der Waals surface area contributed by atoms with Crippen molar-refractivity contribution in [2.75, 3.05) is 31.1 Å². The highest BCUT2D eigenvalue weighted by Gasteiger charge is 2.23. The summed E-state index contributed by atoms with van der Waals surface area (Å²) in [5, 5.41) is 8.69. The lowest BCUT2D eigenvalue weighted by atomic mass is 9.86. The molecule has 1 aliphatic rings. The quantitative estimate of drug-likeness (QED) is 0.688. The van der Waals surface area contributed by atoms with Crippen molar-refractivity contribution in [3.63, 3.8) is 0 Å². The van der Waals surface area contributed by atoms with Gasteiger partial charge in [0.05, 0.1) is 0 Å². The highest BCUT2D eigenvalue weighted by Crippen LogP contribution is 2.23. The van der Waals surface area contributed by atoms with E-state index in [0.717, 1.165) is 30.3 Å². The largest absolute Gasteiger partial charge is 0.352 e. The highest BCUT2D eigenvalue weighted by atomic mass is 16.2. The minimum Gasteiger partial charge on any atom is -0.352 e. The second-order valence-electron chi connectivity index (χ2n) is 8.45. The predicted octanol–water partition coefficient (Wildman–Crippen LogP) is 3.53. The molecule has 3 heterocycles. The number of nitrogens with zero attached hydrogens (tertiary/aromatic N) is 5. The minimum atomic E-state index is 0.0884. The van der Waals surface area contributed by atoms with Crippen molar-refractivity contribution in [1.29, 1.82) is 0 Å². The number of piperazine rings is 1. The van der Waals surface area contributed by atoms with Gasteiger partial charge in [0.15, 0.2) is 11.6 Å². The zero-order valence-corrected chi connectivity index (χ0v) is 17.2. The second kappa shape index (κ2) is 7.70. The molecule has 0 unspecified atom stereocenters. The van der Waals surface area contributed by atoms with Gasteiger partial charge in [-0.2, -0.15) is 0 Å². The lowest BCUT2D eigenvalue weighted by molar-refractivity contribution is 0.0746. The molecule has 0 N–H and O–H groups in total. The molecule has 1 aliphatic heterocycles. The van der Waals surface area contributed by atoms with Crippen LogP contribution in [0.1, 0.15) is 36.7 Å². The van der Waals surface area contributed by atoms with Gasteiger partial charge in [-0.25, -0.2) is 0 Å². The molecular weight excluding hydrogens is 362 g/mol. The van der Waals surface area contributed by atoms with E-state index in [2.05, 4.69) is 48.0 Å². The third kappa shape index (κ3) is 4.16. The van der Waals surface area contributed by atoms with Gasteiger partial charge in [0.25, 0.3) is 5.91 Å². The Hall–Kier alpha value is -3.15. The van der Waals surface area contributed by atoms with Gasteiger partial charge < -0.3 is 14.4 Å². The first-order valence-corrected chi connectivity index (χ1v) is 10.0. The van der Waals surface area contributed by atoms with Crippen LogP contribution in [0.2, 0.25) is 0 Å². The summed E-state index contributed by atoms with van der Waals surface area (Å²) in [6, 6.07) is 15.9. The number of aromatic nitrogens is 3. The summed E-state index contributed by atoms with van der Waals surface area (Å²) >= 11 is 0. The fourth-order valence-corrected chi connectivity index (χ4v) is 3.55. The molecule has 0 bridgehead atoms. The Morgan fingerprint density at radius 1 is 0.828 bits per heavy atom. The molecule has 1 saturated heterocycles. The van der Waals surface area contributed by atoms with E-state index in [1.165, 1.54) is 5.56 Å². The highest BCUT2D eigenvalue weighted by molar-refractivity contribution is 5.94. The molecule has 0 atom stereocenters. The van der Waals surface area contributed by atoms with Crippen LogP contribution in [-0.4, -0.2) is 51.8 Å². The summed E-state index contributed by atoms with van der Waals surface area (Å²) < 4.78 is 1.93. The zero-order valence-electron chi connectivity index (χ0n) is 17.2. The Morgan fingerprint density at radius 2 is 1.41 bits per heavy atom. The van der Waals surface area contributed by atoms with Crippen LogP contribution in [-0.2, 0) is 5.41 Å². The van der Waals surface area contributed by atoms with E-state index >= 15 is 0 Å². The van der Waals surface area contributed by atoms with Crippen LogP contribution in [0.5, 0.6) is 0 Å². The van der Waals surface area contributed by atoms with Gasteiger partial charge in [-0.3, -0.25) is 4.79 Å². The number of amides is 1. The van der Waals surface area contributed by atoms with Crippen molar-refractivity contribution in [1.82, 2.24) is 19.7 Å². The van der Waals surface area contributed by atoms with Crippen molar-refractivity contribution in [2.45, 2.75) is 26.2 Å². The average Bonchev–Trinajstić information content (AvgIpc) is 3.28. The molecule has 4 rings (SSSR count). The van der Waals surface area contributed by atoms with E-state index in [9.17, 15) is 4.79 Å². The van der Waals surface area contributed by atoms with Crippen molar-refractivity contribution < 1.29 is 4.79 Å². The Balaban J connectivity index is 1.37. The summed E-state index contributed by atoms with van der Waals surface area (Å²) in [7, 11) is 0. The van der Waals surface area contributed by atoms with E-state index in [1.54, 1.807) is 0 Å². The third-order valence-electron chi connectivity index (χ3n) is 5.39. The minimum absolute atomic E-state index is 0.0884. The number of hydrogen-bond acceptors (Lipinski definition) is 4. The number of anilines is 1. The van der Waals surface area contributed by atoms with E-state index in [1.807, 2.05) is 58.3 Å². The van der Waals surface area contributed by atoms with E-state index in [4.69, 9.17) is 0 Å². The van der Waals surface area contributed by atoms with Gasteiger partial charge in [-0.1, -0.05) is 32.9 Å². The molecule has 0 spiro atoms. The molecule has 29 heavy (non-hydrogen) atoms. The number of rotatable bonds is 3. The molecule has 1 amide bonds. The smallest absolute Gasteiger partial charge is 0.253 e. The van der Waals surface area contributed by atoms with Gasteiger partial charge >= 0.3 is 0 Å². The van der Waals surface area contributed by atoms with Crippen molar-refractivity contribution in [3.05, 3.63) is 72.1 Å². The molecule has 150 valence electrons. The number of benzene rings is 1. The number of carbonyl (C=O) groups excluding carboxylic acids is 1. The average molecular weight is 390 g/mol. The third-order valence-corrected chi connectivity index (χ3v) is 5.39. The first-order valence-electron chi connectivity index (χ1n) is 10.0. The van der Waals surface area contributed by atoms with Gasteiger partial charge in [0.1, 0.15) is 0 Å². The summed E-state index contributed by atoms with van der Waals surface area (Å²) in [6.07, 6.45) is 3.89. The normalized spacial score (nSPS) is 14.9. The van der Waals surface area contributed by atoms with E-state index in [0.29, 0.717) is 13.1 Å². The maximum atomic E-state index is 12.9. The Labute approximate surface area is 171 Å². The molecule has 1 fully saturated rings.